The van der Waals surface area contributed by atoms with Crippen LogP contribution < -0.4 is 10.2 Å². The zero-order valence-electron chi connectivity index (χ0n) is 12.9. The molecule has 2 amide bonds. The summed E-state index contributed by atoms with van der Waals surface area (Å²) >= 11 is 0. The molecule has 0 aliphatic rings. The van der Waals surface area contributed by atoms with E-state index in [9.17, 15) is 9.59 Å². The summed E-state index contributed by atoms with van der Waals surface area (Å²) in [5.41, 5.74) is 2.68. The van der Waals surface area contributed by atoms with Crippen LogP contribution in [-0.4, -0.2) is 18.9 Å². The van der Waals surface area contributed by atoms with Crippen molar-refractivity contribution in [3.05, 3.63) is 60.2 Å². The van der Waals surface area contributed by atoms with E-state index in [0.717, 1.165) is 23.4 Å². The minimum atomic E-state index is -0.0281. The summed E-state index contributed by atoms with van der Waals surface area (Å²) in [5.74, 6) is -0.0452. The summed E-state index contributed by atoms with van der Waals surface area (Å²) in [4.78, 5) is 24.8. The van der Waals surface area contributed by atoms with Gasteiger partial charge in [-0.1, -0.05) is 30.3 Å². The van der Waals surface area contributed by atoms with E-state index >= 15 is 0 Å². The molecule has 4 heteroatoms. The van der Waals surface area contributed by atoms with Gasteiger partial charge in [0.05, 0.1) is 0 Å². The van der Waals surface area contributed by atoms with Gasteiger partial charge in [-0.2, -0.15) is 0 Å². The summed E-state index contributed by atoms with van der Waals surface area (Å²) in [6.07, 6.45) is 1.16. The molecule has 4 nitrogen and oxygen atoms in total. The second-order valence-electron chi connectivity index (χ2n) is 5.16. The third kappa shape index (κ3) is 4.45. The van der Waals surface area contributed by atoms with Crippen LogP contribution in [-0.2, 0) is 16.0 Å². The molecule has 0 fully saturated rings. The molecule has 0 saturated carbocycles. The van der Waals surface area contributed by atoms with E-state index in [1.807, 2.05) is 42.5 Å². The molecule has 0 saturated heterocycles. The zero-order valence-corrected chi connectivity index (χ0v) is 12.9. The third-order valence-corrected chi connectivity index (χ3v) is 3.49. The standard InChI is InChI=1S/C18H20N2O2/c1-14(21)20(2)17-11-9-16(10-12-17)19-18(22)13-8-15-6-4-3-5-7-15/h3-7,9-12H,8,13H2,1-2H3,(H,19,22). The predicted octanol–water partition coefficient (Wildman–Crippen LogP) is 3.24. The highest BCUT2D eigenvalue weighted by Crippen LogP contribution is 2.17. The lowest BCUT2D eigenvalue weighted by molar-refractivity contribution is -0.117. The highest BCUT2D eigenvalue weighted by Gasteiger charge is 2.06. The fourth-order valence-corrected chi connectivity index (χ4v) is 2.08. The molecule has 0 heterocycles. The number of benzene rings is 2. The Labute approximate surface area is 130 Å². The van der Waals surface area contributed by atoms with Gasteiger partial charge < -0.3 is 10.2 Å². The Morgan fingerprint density at radius 2 is 1.64 bits per heavy atom. The van der Waals surface area contributed by atoms with Crippen LogP contribution in [0.1, 0.15) is 18.9 Å². The average Bonchev–Trinajstić information content (AvgIpc) is 2.54. The first-order valence-electron chi connectivity index (χ1n) is 7.24. The SMILES string of the molecule is CC(=O)N(C)c1ccc(NC(=O)CCc2ccccc2)cc1. The minimum absolute atomic E-state index is 0.0171. The maximum absolute atomic E-state index is 11.9. The van der Waals surface area contributed by atoms with E-state index in [-0.39, 0.29) is 11.8 Å². The summed E-state index contributed by atoms with van der Waals surface area (Å²) in [5, 5.41) is 2.87. The molecule has 0 radical (unpaired) electrons. The van der Waals surface area contributed by atoms with Crippen molar-refractivity contribution in [1.82, 2.24) is 0 Å². The maximum atomic E-state index is 11.9. The average molecular weight is 296 g/mol. The van der Waals surface area contributed by atoms with Gasteiger partial charge in [0.15, 0.2) is 0 Å². The molecular weight excluding hydrogens is 276 g/mol. The van der Waals surface area contributed by atoms with Gasteiger partial charge in [0.1, 0.15) is 0 Å². The lowest BCUT2D eigenvalue weighted by atomic mass is 10.1. The number of anilines is 2. The van der Waals surface area contributed by atoms with E-state index in [0.29, 0.717) is 6.42 Å². The van der Waals surface area contributed by atoms with Gasteiger partial charge in [-0.15, -0.1) is 0 Å². The molecule has 2 aromatic rings. The summed E-state index contributed by atoms with van der Waals surface area (Å²) in [6.45, 7) is 1.51. The fraction of sp³-hybridized carbons (Fsp3) is 0.222. The zero-order chi connectivity index (χ0) is 15.9. The van der Waals surface area contributed by atoms with E-state index in [1.54, 1.807) is 24.1 Å². The Morgan fingerprint density at radius 1 is 1.00 bits per heavy atom. The van der Waals surface area contributed by atoms with Crippen molar-refractivity contribution >= 4 is 23.2 Å². The van der Waals surface area contributed by atoms with Crippen molar-refractivity contribution in [3.8, 4) is 0 Å². The first-order chi connectivity index (χ1) is 10.6. The molecule has 22 heavy (non-hydrogen) atoms. The maximum Gasteiger partial charge on any atom is 0.224 e. The van der Waals surface area contributed by atoms with Crippen molar-refractivity contribution in [2.45, 2.75) is 19.8 Å². The summed E-state index contributed by atoms with van der Waals surface area (Å²) < 4.78 is 0. The minimum Gasteiger partial charge on any atom is -0.326 e. The molecule has 0 aliphatic carbocycles. The number of nitrogens with zero attached hydrogens (tertiary/aromatic N) is 1. The van der Waals surface area contributed by atoms with Gasteiger partial charge in [-0.3, -0.25) is 9.59 Å². The molecule has 114 valence electrons. The lowest BCUT2D eigenvalue weighted by Crippen LogP contribution is -2.22. The van der Waals surface area contributed by atoms with Gasteiger partial charge in [-0.05, 0) is 36.2 Å². The number of nitrogens with one attached hydrogen (secondary N) is 1. The van der Waals surface area contributed by atoms with E-state index in [1.165, 1.54) is 6.92 Å². The fourth-order valence-electron chi connectivity index (χ4n) is 2.08. The Bertz CT molecular complexity index is 636. The third-order valence-electron chi connectivity index (χ3n) is 3.49. The molecule has 1 N–H and O–H groups in total. The molecule has 2 rings (SSSR count). The van der Waals surface area contributed by atoms with Crippen molar-refractivity contribution in [2.75, 3.05) is 17.3 Å². The van der Waals surface area contributed by atoms with Crippen LogP contribution in [0.25, 0.3) is 0 Å². The largest absolute Gasteiger partial charge is 0.326 e. The molecular formula is C18H20N2O2. The van der Waals surface area contributed by atoms with Crippen LogP contribution in [0.4, 0.5) is 11.4 Å². The molecule has 0 aromatic heterocycles. The van der Waals surface area contributed by atoms with Crippen molar-refractivity contribution in [3.63, 3.8) is 0 Å². The van der Waals surface area contributed by atoms with E-state index < -0.39 is 0 Å². The first kappa shape index (κ1) is 15.8. The molecule has 0 atom stereocenters. The number of rotatable bonds is 5. The van der Waals surface area contributed by atoms with Crippen molar-refractivity contribution < 1.29 is 9.59 Å². The quantitative estimate of drug-likeness (QED) is 0.921. The lowest BCUT2D eigenvalue weighted by Gasteiger charge is -2.15. The van der Waals surface area contributed by atoms with Crippen LogP contribution in [0.15, 0.2) is 54.6 Å². The van der Waals surface area contributed by atoms with Crippen molar-refractivity contribution in [2.24, 2.45) is 0 Å². The van der Waals surface area contributed by atoms with E-state index in [2.05, 4.69) is 5.32 Å². The van der Waals surface area contributed by atoms with Crippen LogP contribution >= 0.6 is 0 Å². The highest BCUT2D eigenvalue weighted by atomic mass is 16.2. The number of hydrogen-bond donors (Lipinski definition) is 1. The molecule has 0 bridgehead atoms. The Hall–Kier alpha value is -2.62. The van der Waals surface area contributed by atoms with Crippen LogP contribution in [0.5, 0.6) is 0 Å². The van der Waals surface area contributed by atoms with Gasteiger partial charge in [0, 0.05) is 31.8 Å². The topological polar surface area (TPSA) is 49.4 Å². The molecule has 0 unspecified atom stereocenters. The first-order valence-corrected chi connectivity index (χ1v) is 7.24. The Kier molecular flexibility index (Phi) is 5.31. The van der Waals surface area contributed by atoms with Gasteiger partial charge >= 0.3 is 0 Å². The number of aryl methyl sites for hydroxylation is 1. The van der Waals surface area contributed by atoms with Gasteiger partial charge in [-0.25, -0.2) is 0 Å². The Morgan fingerprint density at radius 3 is 2.23 bits per heavy atom. The van der Waals surface area contributed by atoms with E-state index in [4.69, 9.17) is 0 Å². The molecule has 2 aromatic carbocycles. The smallest absolute Gasteiger partial charge is 0.224 e. The molecule has 0 spiro atoms. The van der Waals surface area contributed by atoms with Crippen LogP contribution in [0, 0.1) is 0 Å². The number of carbonyl (C=O) groups is 2. The van der Waals surface area contributed by atoms with Crippen LogP contribution in [0.2, 0.25) is 0 Å². The highest BCUT2D eigenvalue weighted by molar-refractivity contribution is 5.93. The number of hydrogen-bond acceptors (Lipinski definition) is 2. The normalized spacial score (nSPS) is 10.1. The second kappa shape index (κ2) is 7.41. The Balaban J connectivity index is 1.88. The molecule has 0 aliphatic heterocycles. The number of amides is 2. The van der Waals surface area contributed by atoms with Gasteiger partial charge in [0.2, 0.25) is 11.8 Å². The second-order valence-corrected chi connectivity index (χ2v) is 5.16. The predicted molar refractivity (Wildman–Crippen MR) is 88.9 cm³/mol. The monoisotopic (exact) mass is 296 g/mol. The van der Waals surface area contributed by atoms with Crippen molar-refractivity contribution in [1.29, 1.82) is 0 Å². The summed E-state index contributed by atoms with van der Waals surface area (Å²) in [6, 6.07) is 17.2. The van der Waals surface area contributed by atoms with Crippen LogP contribution in [0.3, 0.4) is 0 Å². The van der Waals surface area contributed by atoms with Gasteiger partial charge in [0.25, 0.3) is 0 Å². The number of carbonyl (C=O) groups excluding carboxylic acids is 2. The summed E-state index contributed by atoms with van der Waals surface area (Å²) in [7, 11) is 1.72.